The second kappa shape index (κ2) is 3.34. The van der Waals surface area contributed by atoms with Gasteiger partial charge < -0.3 is 0 Å². The molecule has 0 aliphatic carbocycles. The Kier molecular flexibility index (Phi) is 2.67. The molecule has 1 heterocycles. The van der Waals surface area contributed by atoms with Gasteiger partial charge in [-0.3, -0.25) is 0 Å². The molecule has 3 nitrogen and oxygen atoms in total. The maximum absolute atomic E-state index is 10.8. The van der Waals surface area contributed by atoms with Crippen LogP contribution < -0.4 is 2.89 Å². The summed E-state index contributed by atoms with van der Waals surface area (Å²) >= 11 is 2.65. The van der Waals surface area contributed by atoms with E-state index in [4.69, 9.17) is 0 Å². The van der Waals surface area contributed by atoms with Crippen LogP contribution in [0.15, 0.2) is 6.20 Å². The van der Waals surface area contributed by atoms with Gasteiger partial charge in [-0.05, 0) is 0 Å². The van der Waals surface area contributed by atoms with Gasteiger partial charge >= 0.3 is 75.6 Å². The minimum atomic E-state index is -0.348. The van der Waals surface area contributed by atoms with E-state index in [9.17, 15) is 4.79 Å². The number of carbonyl (C=O) groups excluding carboxylic acids is 1. The minimum absolute atomic E-state index is 0.348. The molecular weight excluding hydrogens is 257 g/mol. The first-order valence-electron chi connectivity index (χ1n) is 2.50. The molecule has 5 heteroatoms. The number of ether oxygens (including phenoxy) is 1. The van der Waals surface area contributed by atoms with Crippen LogP contribution in [0.1, 0.15) is 9.80 Å². The van der Waals surface area contributed by atoms with Gasteiger partial charge in [0.25, 0.3) is 0 Å². The first-order valence-corrected chi connectivity index (χ1v) is 4.74. The number of aromatic nitrogens is 1. The van der Waals surface area contributed by atoms with E-state index >= 15 is 0 Å². The molecule has 51 valence electrons. The fourth-order valence-electron chi connectivity index (χ4n) is 0.456. The standard InChI is InChI=1S/C5H4NO2S.Sn/c1-8-5(7)4-6-2-3-9-4;/h2H,1H3;. The van der Waals surface area contributed by atoms with Crippen molar-refractivity contribution < 1.29 is 9.53 Å². The molecule has 1 aromatic heterocycles. The molecule has 0 fully saturated rings. The van der Waals surface area contributed by atoms with Gasteiger partial charge in [-0.1, -0.05) is 0 Å². The average molecular weight is 261 g/mol. The van der Waals surface area contributed by atoms with E-state index in [1.54, 1.807) is 6.20 Å². The van der Waals surface area contributed by atoms with Gasteiger partial charge in [0.1, 0.15) is 0 Å². The van der Waals surface area contributed by atoms with Crippen LogP contribution in [-0.2, 0) is 4.74 Å². The third kappa shape index (κ3) is 1.69. The molecule has 0 aliphatic rings. The molecule has 0 atom stereocenters. The van der Waals surface area contributed by atoms with Crippen molar-refractivity contribution in [1.29, 1.82) is 0 Å². The summed E-state index contributed by atoms with van der Waals surface area (Å²) in [5.41, 5.74) is 0. The molecule has 0 aliphatic heterocycles. The molecule has 0 saturated carbocycles. The summed E-state index contributed by atoms with van der Waals surface area (Å²) in [5, 5.41) is 0.439. The number of rotatable bonds is 1. The van der Waals surface area contributed by atoms with Crippen molar-refractivity contribution in [2.75, 3.05) is 7.11 Å². The summed E-state index contributed by atoms with van der Waals surface area (Å²) in [6, 6.07) is 0. The molecule has 1 aromatic rings. The molecule has 1 rings (SSSR count). The van der Waals surface area contributed by atoms with E-state index in [1.807, 2.05) is 0 Å². The van der Waals surface area contributed by atoms with Crippen LogP contribution in [0.5, 0.6) is 0 Å². The molecule has 0 aromatic carbocycles. The van der Waals surface area contributed by atoms with Crippen LogP contribution in [0, 0.1) is 0 Å². The van der Waals surface area contributed by atoms with E-state index < -0.39 is 0 Å². The van der Waals surface area contributed by atoms with Crippen LogP contribution in [0.25, 0.3) is 0 Å². The van der Waals surface area contributed by atoms with Crippen molar-refractivity contribution in [3.8, 4) is 0 Å². The summed E-state index contributed by atoms with van der Waals surface area (Å²) in [5.74, 6) is -0.348. The maximum atomic E-state index is 10.8. The Morgan fingerprint density at radius 2 is 2.60 bits per heavy atom. The monoisotopic (exact) mass is 262 g/mol. The fourth-order valence-corrected chi connectivity index (χ4v) is 2.05. The predicted molar refractivity (Wildman–Crippen MR) is 38.8 cm³/mol. The number of esters is 1. The number of methoxy groups -OCH3 is 1. The number of hydrogen-bond acceptors (Lipinski definition) is 4. The van der Waals surface area contributed by atoms with Gasteiger partial charge in [0.05, 0.1) is 0 Å². The van der Waals surface area contributed by atoms with Gasteiger partial charge in [0.2, 0.25) is 0 Å². The first-order chi connectivity index (χ1) is 4.74. The molecule has 10 heavy (non-hydrogen) atoms. The van der Waals surface area contributed by atoms with Gasteiger partial charge in [-0.2, -0.15) is 0 Å². The Bertz CT molecular complexity index is 248. The SMILES string of the molecule is COC(=O)c1nc[c]([Sn])s1. The van der Waals surface area contributed by atoms with E-state index in [0.29, 0.717) is 5.01 Å². The number of hydrogen-bond donors (Lipinski definition) is 0. The van der Waals surface area contributed by atoms with Crippen LogP contribution >= 0.6 is 11.3 Å². The topological polar surface area (TPSA) is 39.2 Å². The van der Waals surface area contributed by atoms with Crippen LogP contribution in [0.2, 0.25) is 0 Å². The zero-order valence-electron chi connectivity index (χ0n) is 5.25. The van der Waals surface area contributed by atoms with E-state index in [-0.39, 0.29) is 5.97 Å². The molecular formula is C5H4NO2SSn. The Labute approximate surface area is 75.5 Å². The third-order valence-corrected chi connectivity index (χ3v) is 2.90. The Morgan fingerprint density at radius 3 is 3.00 bits per heavy atom. The van der Waals surface area contributed by atoms with Gasteiger partial charge in [0.15, 0.2) is 0 Å². The van der Waals surface area contributed by atoms with Crippen molar-refractivity contribution in [1.82, 2.24) is 4.98 Å². The van der Waals surface area contributed by atoms with Crippen molar-refractivity contribution in [2.45, 2.75) is 0 Å². The second-order valence-electron chi connectivity index (χ2n) is 1.52. The molecule has 0 spiro atoms. The quantitative estimate of drug-likeness (QED) is 0.515. The van der Waals surface area contributed by atoms with Crippen molar-refractivity contribution in [3.63, 3.8) is 0 Å². The van der Waals surface area contributed by atoms with E-state index in [1.165, 1.54) is 41.0 Å². The van der Waals surface area contributed by atoms with E-state index in [2.05, 4.69) is 9.72 Å². The number of carbonyl (C=O) groups is 1. The van der Waals surface area contributed by atoms with Crippen LogP contribution in [0.4, 0.5) is 0 Å². The normalized spacial score (nSPS) is 9.40. The third-order valence-electron chi connectivity index (χ3n) is 0.866. The first kappa shape index (κ1) is 8.00. The van der Waals surface area contributed by atoms with Crippen molar-refractivity contribution in [3.05, 3.63) is 11.2 Å². The van der Waals surface area contributed by atoms with Crippen molar-refractivity contribution >= 4 is 42.7 Å². The van der Waals surface area contributed by atoms with Crippen LogP contribution in [0.3, 0.4) is 0 Å². The summed E-state index contributed by atoms with van der Waals surface area (Å²) in [4.78, 5) is 14.6. The van der Waals surface area contributed by atoms with Gasteiger partial charge in [0, 0.05) is 0 Å². The molecule has 0 saturated heterocycles. The number of thiazole rings is 1. The molecule has 0 amide bonds. The van der Waals surface area contributed by atoms with Gasteiger partial charge in [-0.25, -0.2) is 0 Å². The Morgan fingerprint density at radius 1 is 1.90 bits per heavy atom. The zero-order valence-corrected chi connectivity index (χ0v) is 8.92. The summed E-state index contributed by atoms with van der Waals surface area (Å²) in [7, 11) is 1.35. The second-order valence-corrected chi connectivity index (χ2v) is 5.12. The molecule has 0 N–H and O–H groups in total. The Balaban J connectivity index is 2.85. The van der Waals surface area contributed by atoms with Crippen molar-refractivity contribution in [2.24, 2.45) is 0 Å². The molecule has 3 radical (unpaired) electrons. The van der Waals surface area contributed by atoms with E-state index in [0.717, 1.165) is 2.89 Å². The molecule has 0 bridgehead atoms. The average Bonchev–Trinajstić information content (AvgIpc) is 2.34. The molecule has 0 unspecified atom stereocenters. The van der Waals surface area contributed by atoms with Gasteiger partial charge in [-0.15, -0.1) is 0 Å². The summed E-state index contributed by atoms with van der Waals surface area (Å²) in [6.07, 6.45) is 1.69. The Hall–Kier alpha value is -0.101. The summed E-state index contributed by atoms with van der Waals surface area (Å²) < 4.78 is 5.57. The number of nitrogens with zero attached hydrogens (tertiary/aromatic N) is 1. The predicted octanol–water partition coefficient (Wildman–Crippen LogP) is -0.277. The fraction of sp³-hybridized carbons (Fsp3) is 0.200. The zero-order chi connectivity index (χ0) is 7.56. The summed E-state index contributed by atoms with van der Waals surface area (Å²) in [6.45, 7) is 0. The van der Waals surface area contributed by atoms with Crippen LogP contribution in [-0.4, -0.2) is 40.6 Å².